The summed E-state index contributed by atoms with van der Waals surface area (Å²) in [6.07, 6.45) is 4.37. The Morgan fingerprint density at radius 3 is 2.43 bits per heavy atom. The third kappa shape index (κ3) is 2.09. The average Bonchev–Trinajstić information content (AvgIpc) is 2.32. The highest BCUT2D eigenvalue weighted by molar-refractivity contribution is 5.82. The summed E-state index contributed by atoms with van der Waals surface area (Å²) in [6, 6.07) is 0. The third-order valence-corrected chi connectivity index (χ3v) is 5.35. The normalized spacial score (nSPS) is 47.0. The minimum Gasteiger partial charge on any atom is -0.469 e. The van der Waals surface area contributed by atoms with Crippen LogP contribution in [0.3, 0.4) is 0 Å². The second kappa shape index (κ2) is 4.09. The molecule has 4 atom stereocenters. The van der Waals surface area contributed by atoms with Gasteiger partial charge in [-0.15, -0.1) is 0 Å². The van der Waals surface area contributed by atoms with Crippen molar-refractivity contribution in [3.05, 3.63) is 12.7 Å². The molecule has 4 unspecified atom stereocenters. The molecule has 0 heterocycles. The molecule has 4 aliphatic carbocycles. The van der Waals surface area contributed by atoms with Crippen LogP contribution in [0.25, 0.3) is 0 Å². The molecule has 0 aromatic heterocycles. The topological polar surface area (TPSA) is 72.8 Å². The summed E-state index contributed by atoms with van der Waals surface area (Å²) >= 11 is 0. The molecular weight excluding hydrogens is 272 g/mol. The van der Waals surface area contributed by atoms with Crippen LogP contribution in [0.15, 0.2) is 12.7 Å². The maximum Gasteiger partial charge on any atom is 0.330 e. The molecule has 0 radical (unpaired) electrons. The average molecular weight is 294 g/mol. The zero-order chi connectivity index (χ0) is 15.5. The first-order chi connectivity index (χ1) is 9.68. The van der Waals surface area contributed by atoms with Crippen molar-refractivity contribution < 1.29 is 24.2 Å². The molecule has 1 N–H and O–H groups in total. The van der Waals surface area contributed by atoms with Crippen molar-refractivity contribution in [1.29, 1.82) is 0 Å². The SMILES string of the molecule is C=CC(=O)OC12CC3(C)CC(O)(C1)CC(C(=O)OC)(C3)C2. The largest absolute Gasteiger partial charge is 0.469 e. The molecule has 5 heteroatoms. The van der Waals surface area contributed by atoms with E-state index in [9.17, 15) is 14.7 Å². The van der Waals surface area contributed by atoms with Gasteiger partial charge >= 0.3 is 11.9 Å². The molecule has 4 fully saturated rings. The van der Waals surface area contributed by atoms with Gasteiger partial charge in [0.1, 0.15) is 5.60 Å². The van der Waals surface area contributed by atoms with E-state index in [4.69, 9.17) is 9.47 Å². The van der Waals surface area contributed by atoms with Gasteiger partial charge in [-0.1, -0.05) is 13.5 Å². The van der Waals surface area contributed by atoms with Gasteiger partial charge in [-0.2, -0.15) is 0 Å². The van der Waals surface area contributed by atoms with E-state index in [0.717, 1.165) is 6.08 Å². The van der Waals surface area contributed by atoms with Crippen molar-refractivity contribution in [2.24, 2.45) is 10.8 Å². The van der Waals surface area contributed by atoms with Crippen molar-refractivity contribution in [2.45, 2.75) is 56.7 Å². The van der Waals surface area contributed by atoms with Crippen LogP contribution in [0.4, 0.5) is 0 Å². The van der Waals surface area contributed by atoms with Crippen LogP contribution >= 0.6 is 0 Å². The number of esters is 2. The molecule has 4 saturated carbocycles. The first kappa shape index (κ1) is 14.6. The van der Waals surface area contributed by atoms with Crippen LogP contribution in [-0.4, -0.2) is 35.4 Å². The van der Waals surface area contributed by atoms with E-state index in [1.807, 2.05) is 0 Å². The van der Waals surface area contributed by atoms with Crippen LogP contribution in [-0.2, 0) is 19.1 Å². The van der Waals surface area contributed by atoms with Gasteiger partial charge in [-0.25, -0.2) is 4.79 Å². The van der Waals surface area contributed by atoms with E-state index in [-0.39, 0.29) is 11.4 Å². The van der Waals surface area contributed by atoms with E-state index in [1.54, 1.807) is 0 Å². The second-order valence-corrected chi connectivity index (χ2v) is 7.68. The number of carbonyl (C=O) groups is 2. The Balaban J connectivity index is 2.03. The van der Waals surface area contributed by atoms with Gasteiger partial charge in [0.15, 0.2) is 0 Å². The van der Waals surface area contributed by atoms with Gasteiger partial charge in [-0.3, -0.25) is 4.79 Å². The number of rotatable bonds is 3. The number of methoxy groups -OCH3 is 1. The fourth-order valence-corrected chi connectivity index (χ4v) is 5.78. The molecule has 116 valence electrons. The molecule has 4 rings (SSSR count). The molecular formula is C16H22O5. The van der Waals surface area contributed by atoms with Crippen LogP contribution in [0.2, 0.25) is 0 Å². The summed E-state index contributed by atoms with van der Waals surface area (Å²) in [5, 5.41) is 10.9. The smallest absolute Gasteiger partial charge is 0.330 e. The standard InChI is InChI=1S/C16H22O5/c1-4-11(17)21-16-7-13(2)5-14(9-16,12(18)20-3)8-15(19,6-13)10-16/h4,19H,1,5-10H2,2-3H3. The maximum atomic E-state index is 12.4. The van der Waals surface area contributed by atoms with E-state index in [2.05, 4.69) is 13.5 Å². The first-order valence-electron chi connectivity index (χ1n) is 7.34. The van der Waals surface area contributed by atoms with Crippen molar-refractivity contribution in [1.82, 2.24) is 0 Å². The van der Waals surface area contributed by atoms with Crippen molar-refractivity contribution in [3.8, 4) is 0 Å². The number of hydrogen-bond acceptors (Lipinski definition) is 5. The zero-order valence-corrected chi connectivity index (χ0v) is 12.6. The van der Waals surface area contributed by atoms with Crippen LogP contribution in [0.5, 0.6) is 0 Å². The third-order valence-electron chi connectivity index (χ3n) is 5.35. The van der Waals surface area contributed by atoms with Gasteiger partial charge in [0.25, 0.3) is 0 Å². The summed E-state index contributed by atoms with van der Waals surface area (Å²) in [7, 11) is 1.37. The monoisotopic (exact) mass is 294 g/mol. The van der Waals surface area contributed by atoms with Crippen molar-refractivity contribution >= 4 is 11.9 Å². The van der Waals surface area contributed by atoms with Gasteiger partial charge in [0.2, 0.25) is 0 Å². The van der Waals surface area contributed by atoms with Crippen molar-refractivity contribution in [3.63, 3.8) is 0 Å². The molecule has 21 heavy (non-hydrogen) atoms. The number of aliphatic hydroxyl groups is 1. The number of carbonyl (C=O) groups excluding carboxylic acids is 2. The highest BCUT2D eigenvalue weighted by Crippen LogP contribution is 2.69. The lowest BCUT2D eigenvalue weighted by Gasteiger charge is -2.66. The van der Waals surface area contributed by atoms with Crippen LogP contribution in [0.1, 0.15) is 45.4 Å². The molecule has 0 saturated heterocycles. The fraction of sp³-hybridized carbons (Fsp3) is 0.750. The van der Waals surface area contributed by atoms with Gasteiger partial charge in [0, 0.05) is 18.9 Å². The molecule has 0 aromatic rings. The zero-order valence-electron chi connectivity index (χ0n) is 12.6. The summed E-state index contributed by atoms with van der Waals surface area (Å²) in [6.45, 7) is 5.49. The predicted octanol–water partition coefficient (Wildman–Crippen LogP) is 1.73. The van der Waals surface area contributed by atoms with Crippen LogP contribution in [0, 0.1) is 10.8 Å². The minimum absolute atomic E-state index is 0.209. The lowest BCUT2D eigenvalue weighted by atomic mass is 9.41. The van der Waals surface area contributed by atoms with E-state index in [1.165, 1.54) is 7.11 Å². The Hall–Kier alpha value is -1.36. The maximum absolute atomic E-state index is 12.4. The molecule has 4 aliphatic rings. The van der Waals surface area contributed by atoms with Gasteiger partial charge in [0.05, 0.1) is 18.1 Å². The van der Waals surface area contributed by atoms with Gasteiger partial charge < -0.3 is 14.6 Å². The molecule has 0 aromatic carbocycles. The quantitative estimate of drug-likeness (QED) is 0.634. The molecule has 0 amide bonds. The van der Waals surface area contributed by atoms with E-state index in [0.29, 0.717) is 38.5 Å². The Kier molecular flexibility index (Phi) is 2.84. The minimum atomic E-state index is -0.959. The second-order valence-electron chi connectivity index (χ2n) is 7.68. The van der Waals surface area contributed by atoms with E-state index >= 15 is 0 Å². The molecule has 5 nitrogen and oxygen atoms in total. The Bertz CT molecular complexity index is 505. The highest BCUT2D eigenvalue weighted by atomic mass is 16.6. The number of ether oxygens (including phenoxy) is 2. The first-order valence-corrected chi connectivity index (χ1v) is 7.34. The van der Waals surface area contributed by atoms with Crippen molar-refractivity contribution in [2.75, 3.05) is 7.11 Å². The summed E-state index contributed by atoms with van der Waals surface area (Å²) < 4.78 is 10.6. The molecule has 0 spiro atoms. The lowest BCUT2D eigenvalue weighted by Crippen LogP contribution is -2.69. The Labute approximate surface area is 124 Å². The highest BCUT2D eigenvalue weighted by Gasteiger charge is 2.70. The Morgan fingerprint density at radius 2 is 1.86 bits per heavy atom. The molecule has 4 bridgehead atoms. The number of hydrogen-bond donors (Lipinski definition) is 1. The Morgan fingerprint density at radius 1 is 1.14 bits per heavy atom. The van der Waals surface area contributed by atoms with E-state index < -0.39 is 22.6 Å². The summed E-state index contributed by atoms with van der Waals surface area (Å²) in [5.74, 6) is -0.797. The molecule has 0 aliphatic heterocycles. The van der Waals surface area contributed by atoms with Gasteiger partial charge in [-0.05, 0) is 31.1 Å². The summed E-state index contributed by atoms with van der Waals surface area (Å²) in [5.41, 5.74) is -2.69. The fourth-order valence-electron chi connectivity index (χ4n) is 5.78. The van der Waals surface area contributed by atoms with Crippen LogP contribution < -0.4 is 0 Å². The summed E-state index contributed by atoms with van der Waals surface area (Å²) in [4.78, 5) is 24.1. The lowest BCUT2D eigenvalue weighted by molar-refractivity contribution is -0.263. The predicted molar refractivity (Wildman–Crippen MR) is 74.2 cm³/mol.